The molecule has 4 fully saturated rings. The number of nitrogens with zero attached hydrogens (tertiary/aromatic N) is 4. The summed E-state index contributed by atoms with van der Waals surface area (Å²) in [6.07, 6.45) is 2.43. The summed E-state index contributed by atoms with van der Waals surface area (Å²) < 4.78 is 30.0. The molecule has 0 bridgehead atoms. The minimum Gasteiger partial charge on any atom is -0.381 e. The fraction of sp³-hybridized carbons (Fsp3) is 1.00. The van der Waals surface area contributed by atoms with Crippen LogP contribution >= 0.6 is 0 Å². The van der Waals surface area contributed by atoms with Gasteiger partial charge in [0.25, 0.3) is 0 Å². The predicted octanol–water partition coefficient (Wildman–Crippen LogP) is 0.233. The van der Waals surface area contributed by atoms with Crippen molar-refractivity contribution in [2.75, 3.05) is 92.9 Å². The zero-order valence-electron chi connectivity index (χ0n) is 17.7. The lowest BCUT2D eigenvalue weighted by Crippen LogP contribution is -2.57. The SMILES string of the molecule is CN1CCC[Si]12OCCN(CCN1CCO[Si]3(CCCN3C)OCC1)CCO2. The molecule has 0 aromatic heterocycles. The maximum absolute atomic E-state index is 6.31. The Morgan fingerprint density at radius 3 is 1.21 bits per heavy atom. The van der Waals surface area contributed by atoms with E-state index in [1.165, 1.54) is 12.8 Å². The summed E-state index contributed by atoms with van der Waals surface area (Å²) in [5, 5.41) is 0. The van der Waals surface area contributed by atoms with E-state index in [1.807, 2.05) is 0 Å². The van der Waals surface area contributed by atoms with E-state index in [9.17, 15) is 0 Å². The van der Waals surface area contributed by atoms with Crippen LogP contribution < -0.4 is 0 Å². The van der Waals surface area contributed by atoms with E-state index in [1.54, 1.807) is 0 Å². The van der Waals surface area contributed by atoms with Gasteiger partial charge < -0.3 is 17.7 Å². The number of rotatable bonds is 3. The molecular weight excluding hydrogens is 392 g/mol. The maximum atomic E-state index is 6.31. The van der Waals surface area contributed by atoms with Crippen LogP contribution in [0.5, 0.6) is 0 Å². The Morgan fingerprint density at radius 1 is 0.571 bits per heavy atom. The van der Waals surface area contributed by atoms with Crippen LogP contribution in [0.15, 0.2) is 0 Å². The van der Waals surface area contributed by atoms with Crippen molar-refractivity contribution in [2.45, 2.75) is 24.9 Å². The lowest BCUT2D eigenvalue weighted by Gasteiger charge is -2.38. The van der Waals surface area contributed by atoms with Crippen molar-refractivity contribution in [2.24, 2.45) is 0 Å². The van der Waals surface area contributed by atoms with E-state index < -0.39 is 17.4 Å². The van der Waals surface area contributed by atoms with Gasteiger partial charge >= 0.3 is 17.4 Å². The van der Waals surface area contributed by atoms with Crippen molar-refractivity contribution in [3.63, 3.8) is 0 Å². The topological polar surface area (TPSA) is 49.9 Å². The monoisotopic (exact) mass is 430 g/mol. The Bertz CT molecular complexity index is 454. The van der Waals surface area contributed by atoms with E-state index >= 15 is 0 Å². The van der Waals surface area contributed by atoms with Gasteiger partial charge in [-0.15, -0.1) is 0 Å². The summed E-state index contributed by atoms with van der Waals surface area (Å²) >= 11 is 0. The van der Waals surface area contributed by atoms with Crippen molar-refractivity contribution in [3.05, 3.63) is 0 Å². The molecule has 28 heavy (non-hydrogen) atoms. The van der Waals surface area contributed by atoms with E-state index in [2.05, 4.69) is 33.0 Å². The third kappa shape index (κ3) is 4.71. The molecule has 162 valence electrons. The van der Waals surface area contributed by atoms with E-state index in [-0.39, 0.29) is 0 Å². The van der Waals surface area contributed by atoms with Gasteiger partial charge in [-0.05, 0) is 40.0 Å². The highest BCUT2D eigenvalue weighted by Gasteiger charge is 2.48. The molecule has 2 spiro atoms. The van der Waals surface area contributed by atoms with E-state index in [4.69, 9.17) is 17.7 Å². The molecule has 4 aliphatic heterocycles. The fourth-order valence-corrected chi connectivity index (χ4v) is 11.1. The van der Waals surface area contributed by atoms with Gasteiger partial charge in [-0.1, -0.05) is 0 Å². The van der Waals surface area contributed by atoms with Crippen LogP contribution in [0.2, 0.25) is 12.1 Å². The van der Waals surface area contributed by atoms with Crippen molar-refractivity contribution in [1.29, 1.82) is 0 Å². The first-order valence-corrected chi connectivity index (χ1v) is 15.0. The normalized spacial score (nSPS) is 31.1. The molecule has 8 nitrogen and oxygen atoms in total. The highest BCUT2D eigenvalue weighted by Crippen LogP contribution is 2.28. The standard InChI is InChI=1S/C18H38N4O4Si2/c1-19-5-3-17-27(19)23-13-9-21(10-14-24-27)7-8-22-11-15-25-28(26-16-12-22)18-4-6-20(28)2/h3-18H2,1-2H3. The Hall–Kier alpha value is 0.114. The second kappa shape index (κ2) is 9.50. The predicted molar refractivity (Wildman–Crippen MR) is 112 cm³/mol. The van der Waals surface area contributed by atoms with Gasteiger partial charge in [0.05, 0.1) is 26.4 Å². The minimum absolute atomic E-state index is 0.795. The summed E-state index contributed by atoms with van der Waals surface area (Å²) in [5.74, 6) is 0. The number of hydrogen-bond donors (Lipinski definition) is 0. The van der Waals surface area contributed by atoms with Gasteiger partial charge in [0.1, 0.15) is 0 Å². The third-order valence-electron chi connectivity index (χ3n) is 6.81. The smallest absolute Gasteiger partial charge is 0.381 e. The molecule has 0 N–H and O–H groups in total. The number of hydrogen-bond acceptors (Lipinski definition) is 8. The molecule has 0 aromatic carbocycles. The minimum atomic E-state index is -2.06. The highest BCUT2D eigenvalue weighted by atomic mass is 28.4. The lowest BCUT2D eigenvalue weighted by molar-refractivity contribution is 0.0522. The van der Waals surface area contributed by atoms with Crippen molar-refractivity contribution >= 4 is 17.4 Å². The van der Waals surface area contributed by atoms with Gasteiger partial charge in [-0.3, -0.25) is 18.9 Å². The first-order valence-electron chi connectivity index (χ1n) is 11.0. The highest BCUT2D eigenvalue weighted by molar-refractivity contribution is 6.65. The molecule has 4 aliphatic rings. The van der Waals surface area contributed by atoms with Gasteiger partial charge in [0, 0.05) is 51.4 Å². The zero-order valence-corrected chi connectivity index (χ0v) is 19.7. The van der Waals surface area contributed by atoms with Gasteiger partial charge in [-0.25, -0.2) is 0 Å². The Morgan fingerprint density at radius 2 is 0.929 bits per heavy atom. The molecule has 0 atom stereocenters. The van der Waals surface area contributed by atoms with Crippen molar-refractivity contribution in [3.8, 4) is 0 Å². The first kappa shape index (κ1) is 21.3. The average Bonchev–Trinajstić information content (AvgIpc) is 3.18. The third-order valence-corrected chi connectivity index (χ3v) is 14.2. The van der Waals surface area contributed by atoms with Crippen LogP contribution in [0, 0.1) is 0 Å². The fourth-order valence-electron chi connectivity index (χ4n) is 4.90. The zero-order chi connectivity index (χ0) is 19.5. The van der Waals surface area contributed by atoms with Crippen LogP contribution in [0.4, 0.5) is 0 Å². The van der Waals surface area contributed by atoms with E-state index in [0.29, 0.717) is 0 Å². The van der Waals surface area contributed by atoms with Crippen LogP contribution in [-0.2, 0) is 17.7 Å². The molecule has 4 heterocycles. The molecule has 4 rings (SSSR count). The molecule has 4 saturated heterocycles. The molecule has 0 unspecified atom stereocenters. The molecule has 0 saturated carbocycles. The van der Waals surface area contributed by atoms with Crippen LogP contribution in [0.25, 0.3) is 0 Å². The van der Waals surface area contributed by atoms with Gasteiger partial charge in [0.15, 0.2) is 0 Å². The van der Waals surface area contributed by atoms with Gasteiger partial charge in [0.2, 0.25) is 0 Å². The second-order valence-electron chi connectivity index (χ2n) is 8.55. The Kier molecular flexibility index (Phi) is 7.24. The molecule has 0 aliphatic carbocycles. The van der Waals surface area contributed by atoms with Crippen molar-refractivity contribution in [1.82, 2.24) is 18.9 Å². The summed E-state index contributed by atoms with van der Waals surface area (Å²) in [4.78, 5) is 4.97. The molecular formula is C18H38N4O4Si2. The molecule has 0 aromatic rings. The lowest BCUT2D eigenvalue weighted by atomic mass is 10.4. The Labute approximate surface area is 172 Å². The summed E-state index contributed by atoms with van der Waals surface area (Å²) in [6.45, 7) is 11.6. The van der Waals surface area contributed by atoms with Crippen LogP contribution in [-0.4, -0.2) is 129 Å². The second-order valence-corrected chi connectivity index (χ2v) is 15.1. The first-order chi connectivity index (χ1) is 13.6. The summed E-state index contributed by atoms with van der Waals surface area (Å²) in [7, 11) is 0.213. The largest absolute Gasteiger partial charge is 0.427 e. The van der Waals surface area contributed by atoms with Gasteiger partial charge in [-0.2, -0.15) is 0 Å². The van der Waals surface area contributed by atoms with Crippen LogP contribution in [0.1, 0.15) is 12.8 Å². The van der Waals surface area contributed by atoms with Crippen molar-refractivity contribution < 1.29 is 17.7 Å². The van der Waals surface area contributed by atoms with Crippen LogP contribution in [0.3, 0.4) is 0 Å². The average molecular weight is 431 g/mol. The molecule has 0 amide bonds. The molecule has 0 radical (unpaired) electrons. The Balaban J connectivity index is 1.19. The molecule has 10 heteroatoms. The summed E-state index contributed by atoms with van der Waals surface area (Å²) in [5.41, 5.74) is 0. The quantitative estimate of drug-likeness (QED) is 0.590. The summed E-state index contributed by atoms with van der Waals surface area (Å²) in [6, 6.07) is 2.24. The maximum Gasteiger partial charge on any atom is 0.427 e. The van der Waals surface area contributed by atoms with E-state index in [0.717, 1.165) is 90.9 Å².